The second-order valence-electron chi connectivity index (χ2n) is 2.70. The molecule has 0 aliphatic rings. The monoisotopic (exact) mass is 207 g/mol. The summed E-state index contributed by atoms with van der Waals surface area (Å²) in [4.78, 5) is 11.4. The van der Waals surface area contributed by atoms with Crippen LogP contribution in [0.3, 0.4) is 0 Å². The van der Waals surface area contributed by atoms with E-state index in [1.54, 1.807) is 12.1 Å². The van der Waals surface area contributed by atoms with E-state index in [0.29, 0.717) is 0 Å². The van der Waals surface area contributed by atoms with Crippen LogP contribution in [0.2, 0.25) is 0 Å². The lowest BCUT2D eigenvalue weighted by Gasteiger charge is -2.08. The molecule has 1 aromatic rings. The predicted octanol–water partition coefficient (Wildman–Crippen LogP) is 1.72. The molecule has 0 radical (unpaired) electrons. The minimum atomic E-state index is -0.676. The molecular weight excluding hydrogens is 198 g/mol. The normalized spacial score (nSPS) is 11.4. The number of hydrogen-bond donors (Lipinski definition) is 1. The summed E-state index contributed by atoms with van der Waals surface area (Å²) in [5.74, 6) is 2.05. The van der Waals surface area contributed by atoms with Crippen molar-refractivity contribution in [3.63, 3.8) is 0 Å². The van der Waals surface area contributed by atoms with Gasteiger partial charge in [-0.3, -0.25) is 4.79 Å². The number of alkyl halides is 1. The van der Waals surface area contributed by atoms with Crippen molar-refractivity contribution in [1.29, 1.82) is 0 Å². The van der Waals surface area contributed by atoms with Crippen LogP contribution in [0.4, 0.5) is 0 Å². The first-order valence-electron chi connectivity index (χ1n) is 4.16. The first-order valence-corrected chi connectivity index (χ1v) is 4.59. The van der Waals surface area contributed by atoms with E-state index in [1.807, 2.05) is 18.2 Å². The van der Waals surface area contributed by atoms with Crippen LogP contribution in [0.5, 0.6) is 0 Å². The van der Waals surface area contributed by atoms with Crippen LogP contribution in [0.15, 0.2) is 30.3 Å². The lowest BCUT2D eigenvalue weighted by Crippen LogP contribution is -2.27. The van der Waals surface area contributed by atoms with E-state index >= 15 is 0 Å². The summed E-state index contributed by atoms with van der Waals surface area (Å²) in [5, 5.41) is 1.85. The third-order valence-electron chi connectivity index (χ3n) is 1.69. The molecule has 0 aliphatic heterocycles. The van der Waals surface area contributed by atoms with Gasteiger partial charge in [-0.05, 0) is 5.56 Å². The van der Waals surface area contributed by atoms with Crippen molar-refractivity contribution in [2.24, 2.45) is 0 Å². The third kappa shape index (κ3) is 2.79. The van der Waals surface area contributed by atoms with Gasteiger partial charge in [-0.2, -0.15) is 0 Å². The number of halogens is 1. The van der Waals surface area contributed by atoms with Crippen molar-refractivity contribution in [3.05, 3.63) is 35.9 Å². The third-order valence-corrected chi connectivity index (χ3v) is 2.14. The zero-order chi connectivity index (χ0) is 10.4. The largest absolute Gasteiger partial charge is 0.344 e. The van der Waals surface area contributed by atoms with Crippen molar-refractivity contribution in [1.82, 2.24) is 5.32 Å². The molecular formula is C11H10ClNO. The average Bonchev–Trinajstić information content (AvgIpc) is 2.26. The molecule has 0 heterocycles. The fraction of sp³-hybridized carbons (Fsp3) is 0.182. The Morgan fingerprint density at radius 1 is 1.50 bits per heavy atom. The lowest BCUT2D eigenvalue weighted by atomic mass is 10.1. The van der Waals surface area contributed by atoms with Gasteiger partial charge in [0, 0.05) is 0 Å². The molecule has 0 aliphatic carbocycles. The van der Waals surface area contributed by atoms with Crippen LogP contribution >= 0.6 is 11.6 Å². The first-order chi connectivity index (χ1) is 6.75. The molecule has 0 fully saturated rings. The summed E-state index contributed by atoms with van der Waals surface area (Å²) in [6, 6.07) is 9.13. The molecule has 1 amide bonds. The molecule has 14 heavy (non-hydrogen) atoms. The van der Waals surface area contributed by atoms with E-state index < -0.39 is 5.38 Å². The van der Waals surface area contributed by atoms with Crippen LogP contribution in [0.1, 0.15) is 10.9 Å². The maximum Gasteiger partial charge on any atom is 0.243 e. The standard InChI is InChI=1S/C11H10ClNO/c1-2-8-13-11(14)10(12)9-6-4-3-5-7-9/h1,3-7,10H,8H2,(H,13,14). The molecule has 0 spiro atoms. The van der Waals surface area contributed by atoms with Crippen LogP contribution in [-0.4, -0.2) is 12.5 Å². The number of amides is 1. The highest BCUT2D eigenvalue weighted by Crippen LogP contribution is 2.19. The predicted molar refractivity (Wildman–Crippen MR) is 56.9 cm³/mol. The first kappa shape index (κ1) is 10.6. The average molecular weight is 208 g/mol. The Kier molecular flexibility index (Phi) is 4.03. The maximum absolute atomic E-state index is 11.4. The zero-order valence-electron chi connectivity index (χ0n) is 7.53. The highest BCUT2D eigenvalue weighted by Gasteiger charge is 2.15. The Morgan fingerprint density at radius 3 is 2.71 bits per heavy atom. The van der Waals surface area contributed by atoms with Crippen molar-refractivity contribution in [2.75, 3.05) is 6.54 Å². The number of carbonyl (C=O) groups excluding carboxylic acids is 1. The number of benzene rings is 1. The van der Waals surface area contributed by atoms with E-state index in [-0.39, 0.29) is 12.5 Å². The molecule has 2 nitrogen and oxygen atoms in total. The molecule has 0 saturated heterocycles. The Balaban J connectivity index is 2.62. The fourth-order valence-electron chi connectivity index (χ4n) is 1.00. The SMILES string of the molecule is C#CCNC(=O)C(Cl)c1ccccc1. The maximum atomic E-state index is 11.4. The molecule has 0 saturated carbocycles. The van der Waals surface area contributed by atoms with Gasteiger partial charge >= 0.3 is 0 Å². The summed E-state index contributed by atoms with van der Waals surface area (Å²) in [7, 11) is 0. The van der Waals surface area contributed by atoms with Crippen LogP contribution in [0.25, 0.3) is 0 Å². The smallest absolute Gasteiger partial charge is 0.243 e. The van der Waals surface area contributed by atoms with Crippen molar-refractivity contribution >= 4 is 17.5 Å². The van der Waals surface area contributed by atoms with E-state index in [4.69, 9.17) is 18.0 Å². The van der Waals surface area contributed by atoms with E-state index in [1.165, 1.54) is 0 Å². The molecule has 1 N–H and O–H groups in total. The van der Waals surface area contributed by atoms with Gasteiger partial charge in [0.2, 0.25) is 5.91 Å². The molecule has 1 unspecified atom stereocenters. The van der Waals surface area contributed by atoms with Gasteiger partial charge in [0.15, 0.2) is 0 Å². The number of hydrogen-bond acceptors (Lipinski definition) is 1. The number of terminal acetylenes is 1. The Bertz CT molecular complexity index is 342. The molecule has 0 aromatic heterocycles. The van der Waals surface area contributed by atoms with Crippen LogP contribution < -0.4 is 5.32 Å². The van der Waals surface area contributed by atoms with Gasteiger partial charge < -0.3 is 5.32 Å². The van der Waals surface area contributed by atoms with Crippen molar-refractivity contribution in [2.45, 2.75) is 5.38 Å². The van der Waals surface area contributed by atoms with Gasteiger partial charge in [-0.1, -0.05) is 36.3 Å². The van der Waals surface area contributed by atoms with Crippen LogP contribution in [0, 0.1) is 12.3 Å². The summed E-state index contributed by atoms with van der Waals surface area (Å²) in [5.41, 5.74) is 0.767. The topological polar surface area (TPSA) is 29.1 Å². The van der Waals surface area contributed by atoms with Gasteiger partial charge in [0.25, 0.3) is 0 Å². The van der Waals surface area contributed by atoms with E-state index in [9.17, 15) is 4.79 Å². The summed E-state index contributed by atoms with van der Waals surface area (Å²) in [6.07, 6.45) is 5.01. The van der Waals surface area contributed by atoms with Gasteiger partial charge in [-0.15, -0.1) is 18.0 Å². The minimum absolute atomic E-state index is 0.203. The summed E-state index contributed by atoms with van der Waals surface area (Å²) in [6.45, 7) is 0.203. The highest BCUT2D eigenvalue weighted by molar-refractivity contribution is 6.30. The number of rotatable bonds is 3. The van der Waals surface area contributed by atoms with E-state index in [2.05, 4.69) is 11.2 Å². The number of carbonyl (C=O) groups is 1. The quantitative estimate of drug-likeness (QED) is 0.594. The summed E-state index contributed by atoms with van der Waals surface area (Å²) >= 11 is 5.91. The van der Waals surface area contributed by atoms with Gasteiger partial charge in [0.1, 0.15) is 5.38 Å². The fourth-order valence-corrected chi connectivity index (χ4v) is 1.22. The van der Waals surface area contributed by atoms with E-state index in [0.717, 1.165) is 5.56 Å². The minimum Gasteiger partial charge on any atom is -0.344 e. The zero-order valence-corrected chi connectivity index (χ0v) is 8.29. The Morgan fingerprint density at radius 2 is 2.14 bits per heavy atom. The van der Waals surface area contributed by atoms with Gasteiger partial charge in [0.05, 0.1) is 6.54 Å². The van der Waals surface area contributed by atoms with Crippen LogP contribution in [-0.2, 0) is 4.79 Å². The number of nitrogens with one attached hydrogen (secondary N) is 1. The van der Waals surface area contributed by atoms with Gasteiger partial charge in [-0.25, -0.2) is 0 Å². The second-order valence-corrected chi connectivity index (χ2v) is 3.13. The molecule has 3 heteroatoms. The molecule has 1 rings (SSSR count). The Labute approximate surface area is 88.3 Å². The molecule has 1 aromatic carbocycles. The molecule has 72 valence electrons. The Hall–Kier alpha value is -1.46. The summed E-state index contributed by atoms with van der Waals surface area (Å²) < 4.78 is 0. The molecule has 1 atom stereocenters. The molecule has 0 bridgehead atoms. The lowest BCUT2D eigenvalue weighted by molar-refractivity contribution is -0.120. The second kappa shape index (κ2) is 5.31. The van der Waals surface area contributed by atoms with Crippen molar-refractivity contribution < 1.29 is 4.79 Å². The highest BCUT2D eigenvalue weighted by atomic mass is 35.5. The van der Waals surface area contributed by atoms with Crippen molar-refractivity contribution in [3.8, 4) is 12.3 Å².